The number of thiazole rings is 1. The molecular weight excluding hydrogens is 418 g/mol. The molecule has 0 radical (unpaired) electrons. The van der Waals surface area contributed by atoms with E-state index in [-0.39, 0.29) is 12.5 Å². The fourth-order valence-electron chi connectivity index (χ4n) is 2.82. The zero-order valence-corrected chi connectivity index (χ0v) is 18.2. The van der Waals surface area contributed by atoms with E-state index >= 15 is 0 Å². The van der Waals surface area contributed by atoms with Crippen LogP contribution in [0.4, 0.5) is 5.13 Å². The third kappa shape index (κ3) is 5.52. The van der Waals surface area contributed by atoms with E-state index in [0.717, 1.165) is 11.3 Å². The predicted molar refractivity (Wildman–Crippen MR) is 119 cm³/mol. The van der Waals surface area contributed by atoms with Gasteiger partial charge in [-0.15, -0.1) is 11.3 Å². The maximum Gasteiger partial charge on any atom is 0.251 e. The minimum atomic E-state index is -0.401. The average Bonchev–Trinajstić information content (AvgIpc) is 3.25. The Hall–Kier alpha value is -3.59. The van der Waals surface area contributed by atoms with Crippen molar-refractivity contribution in [3.05, 3.63) is 53.4 Å². The van der Waals surface area contributed by atoms with Gasteiger partial charge in [-0.3, -0.25) is 9.59 Å². The molecule has 0 fully saturated rings. The zero-order chi connectivity index (χ0) is 22.2. The van der Waals surface area contributed by atoms with Crippen molar-refractivity contribution in [1.29, 1.82) is 0 Å². The van der Waals surface area contributed by atoms with Gasteiger partial charge in [0, 0.05) is 16.5 Å². The Morgan fingerprint density at radius 1 is 1.03 bits per heavy atom. The first-order chi connectivity index (χ1) is 15.0. The molecule has 8 nitrogen and oxygen atoms in total. The van der Waals surface area contributed by atoms with Crippen molar-refractivity contribution < 1.29 is 23.8 Å². The van der Waals surface area contributed by atoms with Crippen molar-refractivity contribution in [1.82, 2.24) is 10.3 Å². The molecule has 0 aliphatic rings. The highest BCUT2D eigenvalue weighted by Gasteiger charge is 2.14. The second-order valence-corrected chi connectivity index (χ2v) is 7.13. The van der Waals surface area contributed by atoms with Crippen LogP contribution in [0.5, 0.6) is 17.2 Å². The standard InChI is InChI=1S/C22H23N3O5S/c1-4-30-17-8-6-5-7-15(17)16-13-31-22(24-16)25-20(26)12-23-21(27)14-9-10-18(28-2)19(11-14)29-3/h5-11,13H,4,12H2,1-3H3,(H,23,27)(H,24,25,26). The number of rotatable bonds is 9. The topological polar surface area (TPSA) is 98.8 Å². The van der Waals surface area contributed by atoms with E-state index in [1.165, 1.54) is 25.6 Å². The normalized spacial score (nSPS) is 10.3. The summed E-state index contributed by atoms with van der Waals surface area (Å²) in [6.07, 6.45) is 0. The molecule has 0 saturated carbocycles. The van der Waals surface area contributed by atoms with Crippen molar-refractivity contribution in [2.24, 2.45) is 0 Å². The molecule has 1 aromatic heterocycles. The molecule has 0 aliphatic carbocycles. The maximum atomic E-state index is 12.3. The van der Waals surface area contributed by atoms with Crippen LogP contribution in [0.1, 0.15) is 17.3 Å². The lowest BCUT2D eigenvalue weighted by molar-refractivity contribution is -0.115. The Labute approximate surface area is 184 Å². The van der Waals surface area contributed by atoms with Crippen LogP contribution in [-0.4, -0.2) is 44.2 Å². The van der Waals surface area contributed by atoms with Crippen molar-refractivity contribution in [2.75, 3.05) is 32.7 Å². The number of carbonyl (C=O) groups excluding carboxylic acids is 2. The number of nitrogens with one attached hydrogen (secondary N) is 2. The largest absolute Gasteiger partial charge is 0.493 e. The van der Waals surface area contributed by atoms with Crippen LogP contribution in [0, 0.1) is 0 Å². The number of benzene rings is 2. The highest BCUT2D eigenvalue weighted by molar-refractivity contribution is 7.14. The van der Waals surface area contributed by atoms with E-state index in [1.807, 2.05) is 36.6 Å². The van der Waals surface area contributed by atoms with Crippen molar-refractivity contribution in [3.63, 3.8) is 0 Å². The minimum absolute atomic E-state index is 0.197. The van der Waals surface area contributed by atoms with Crippen LogP contribution in [0.15, 0.2) is 47.8 Å². The Morgan fingerprint density at radius 2 is 1.81 bits per heavy atom. The van der Waals surface area contributed by atoms with Gasteiger partial charge in [-0.2, -0.15) is 0 Å². The van der Waals surface area contributed by atoms with Crippen LogP contribution < -0.4 is 24.8 Å². The molecule has 2 amide bonds. The summed E-state index contributed by atoms with van der Waals surface area (Å²) in [6, 6.07) is 12.4. The van der Waals surface area contributed by atoms with E-state index in [2.05, 4.69) is 15.6 Å². The lowest BCUT2D eigenvalue weighted by Gasteiger charge is -2.10. The monoisotopic (exact) mass is 441 g/mol. The number of anilines is 1. The molecule has 2 aromatic carbocycles. The molecule has 0 bridgehead atoms. The second-order valence-electron chi connectivity index (χ2n) is 6.27. The lowest BCUT2D eigenvalue weighted by Crippen LogP contribution is -2.32. The van der Waals surface area contributed by atoms with E-state index in [0.29, 0.717) is 34.5 Å². The van der Waals surface area contributed by atoms with Gasteiger partial charge in [-0.25, -0.2) is 4.98 Å². The Bertz CT molecular complexity index is 1070. The number of ether oxygens (including phenoxy) is 3. The summed E-state index contributed by atoms with van der Waals surface area (Å²) in [5, 5.41) is 7.56. The first-order valence-corrected chi connectivity index (χ1v) is 10.4. The number of hydrogen-bond donors (Lipinski definition) is 2. The summed E-state index contributed by atoms with van der Waals surface area (Å²) in [5.41, 5.74) is 1.91. The van der Waals surface area contributed by atoms with Crippen LogP contribution in [0.25, 0.3) is 11.3 Å². The number of methoxy groups -OCH3 is 2. The molecular formula is C22H23N3O5S. The van der Waals surface area contributed by atoms with E-state index < -0.39 is 5.91 Å². The first kappa shape index (κ1) is 22.1. The summed E-state index contributed by atoms with van der Waals surface area (Å²) < 4.78 is 16.0. The first-order valence-electron chi connectivity index (χ1n) is 9.53. The molecule has 1 heterocycles. The molecule has 0 unspecified atom stereocenters. The van der Waals surface area contributed by atoms with E-state index in [9.17, 15) is 9.59 Å². The van der Waals surface area contributed by atoms with Crippen LogP contribution in [0.2, 0.25) is 0 Å². The highest BCUT2D eigenvalue weighted by atomic mass is 32.1. The number of amides is 2. The highest BCUT2D eigenvalue weighted by Crippen LogP contribution is 2.32. The van der Waals surface area contributed by atoms with Gasteiger partial charge < -0.3 is 24.8 Å². The van der Waals surface area contributed by atoms with Crippen LogP contribution in [0.3, 0.4) is 0 Å². The third-order valence-electron chi connectivity index (χ3n) is 4.27. The van der Waals surface area contributed by atoms with Crippen LogP contribution in [-0.2, 0) is 4.79 Å². The van der Waals surface area contributed by atoms with Gasteiger partial charge in [0.25, 0.3) is 5.91 Å². The maximum absolute atomic E-state index is 12.3. The van der Waals surface area contributed by atoms with Crippen LogP contribution >= 0.6 is 11.3 Å². The van der Waals surface area contributed by atoms with Crippen molar-refractivity contribution in [3.8, 4) is 28.5 Å². The summed E-state index contributed by atoms with van der Waals surface area (Å²) in [7, 11) is 3.00. The molecule has 0 spiro atoms. The van der Waals surface area contributed by atoms with Crippen molar-refractivity contribution in [2.45, 2.75) is 6.92 Å². The summed E-state index contributed by atoms with van der Waals surface area (Å²) in [6.45, 7) is 2.27. The average molecular weight is 442 g/mol. The molecule has 31 heavy (non-hydrogen) atoms. The van der Waals surface area contributed by atoms with E-state index in [1.54, 1.807) is 18.2 Å². The Balaban J connectivity index is 1.59. The molecule has 0 aliphatic heterocycles. The summed E-state index contributed by atoms with van der Waals surface area (Å²) >= 11 is 1.30. The number of nitrogens with zero attached hydrogens (tertiary/aromatic N) is 1. The predicted octanol–water partition coefficient (Wildman–Crippen LogP) is 3.59. The third-order valence-corrected chi connectivity index (χ3v) is 5.03. The van der Waals surface area contributed by atoms with Gasteiger partial charge in [0.1, 0.15) is 5.75 Å². The van der Waals surface area contributed by atoms with Gasteiger partial charge in [0.2, 0.25) is 5.91 Å². The quantitative estimate of drug-likeness (QED) is 0.527. The molecule has 162 valence electrons. The van der Waals surface area contributed by atoms with Gasteiger partial charge >= 0.3 is 0 Å². The minimum Gasteiger partial charge on any atom is -0.493 e. The van der Waals surface area contributed by atoms with Gasteiger partial charge in [0.15, 0.2) is 16.6 Å². The van der Waals surface area contributed by atoms with Gasteiger partial charge in [0.05, 0.1) is 33.1 Å². The lowest BCUT2D eigenvalue weighted by atomic mass is 10.1. The summed E-state index contributed by atoms with van der Waals surface area (Å²) in [5.74, 6) is 0.897. The number of hydrogen-bond acceptors (Lipinski definition) is 7. The zero-order valence-electron chi connectivity index (χ0n) is 17.4. The molecule has 3 rings (SSSR count). The molecule has 3 aromatic rings. The number of carbonyl (C=O) groups is 2. The number of aromatic nitrogens is 1. The van der Waals surface area contributed by atoms with Crippen molar-refractivity contribution >= 4 is 28.3 Å². The van der Waals surface area contributed by atoms with E-state index in [4.69, 9.17) is 14.2 Å². The molecule has 2 N–H and O–H groups in total. The Kier molecular flexibility index (Phi) is 7.45. The second kappa shape index (κ2) is 10.4. The molecule has 0 saturated heterocycles. The Morgan fingerprint density at radius 3 is 2.55 bits per heavy atom. The summed E-state index contributed by atoms with van der Waals surface area (Å²) in [4.78, 5) is 29.1. The van der Waals surface area contributed by atoms with Gasteiger partial charge in [-0.1, -0.05) is 12.1 Å². The fraction of sp³-hybridized carbons (Fsp3) is 0.227. The SMILES string of the molecule is CCOc1ccccc1-c1csc(NC(=O)CNC(=O)c2ccc(OC)c(OC)c2)n1. The smallest absolute Gasteiger partial charge is 0.251 e. The molecule has 9 heteroatoms. The fourth-order valence-corrected chi connectivity index (χ4v) is 3.54. The molecule has 0 atom stereocenters. The van der Waals surface area contributed by atoms with Gasteiger partial charge in [-0.05, 0) is 37.3 Å². The number of para-hydroxylation sites is 1.